The van der Waals surface area contributed by atoms with Gasteiger partial charge in [-0.05, 0) is 59.8 Å². The van der Waals surface area contributed by atoms with E-state index in [-0.39, 0.29) is 0 Å². The molecule has 14 heavy (non-hydrogen) atoms. The van der Waals surface area contributed by atoms with Crippen molar-refractivity contribution in [1.82, 2.24) is 0 Å². The molecule has 0 aliphatic carbocycles. The second kappa shape index (κ2) is 4.54. The number of hydrogen-bond acceptors (Lipinski definition) is 1. The molecule has 0 amide bonds. The molecule has 0 unspecified atom stereocenters. The molecule has 1 saturated heterocycles. The molecule has 1 aromatic rings. The lowest BCUT2D eigenvalue weighted by Gasteiger charge is -2.02. The first-order valence-corrected chi connectivity index (χ1v) is 6.63. The fourth-order valence-electron chi connectivity index (χ4n) is 1.61. The SMILES string of the molecule is Cc1cc(Br)ccc1C=C1CCCS1. The Kier molecular flexibility index (Phi) is 3.34. The molecule has 74 valence electrons. The van der Waals surface area contributed by atoms with Crippen LogP contribution in [0, 0.1) is 6.92 Å². The molecule has 2 heteroatoms. The molecule has 0 spiro atoms. The van der Waals surface area contributed by atoms with Crippen molar-refractivity contribution in [2.45, 2.75) is 19.8 Å². The Hall–Kier alpha value is -0.210. The molecule has 0 nitrogen and oxygen atoms in total. The zero-order valence-corrected chi connectivity index (χ0v) is 10.6. The topological polar surface area (TPSA) is 0 Å². The van der Waals surface area contributed by atoms with Gasteiger partial charge < -0.3 is 0 Å². The third-order valence-electron chi connectivity index (χ3n) is 2.40. The van der Waals surface area contributed by atoms with Crippen LogP contribution < -0.4 is 0 Å². The van der Waals surface area contributed by atoms with Crippen molar-refractivity contribution in [2.24, 2.45) is 0 Å². The van der Waals surface area contributed by atoms with E-state index < -0.39 is 0 Å². The molecule has 1 aromatic carbocycles. The third-order valence-corrected chi connectivity index (χ3v) is 4.08. The van der Waals surface area contributed by atoms with Gasteiger partial charge in [-0.2, -0.15) is 0 Å². The normalized spacial score (nSPS) is 19.1. The van der Waals surface area contributed by atoms with Crippen LogP contribution in [0.25, 0.3) is 6.08 Å². The van der Waals surface area contributed by atoms with E-state index in [9.17, 15) is 0 Å². The highest BCUT2D eigenvalue weighted by atomic mass is 79.9. The van der Waals surface area contributed by atoms with Gasteiger partial charge >= 0.3 is 0 Å². The Labute approximate surface area is 97.9 Å². The van der Waals surface area contributed by atoms with Crippen LogP contribution in [0.2, 0.25) is 0 Å². The fourth-order valence-corrected chi connectivity index (χ4v) is 3.14. The van der Waals surface area contributed by atoms with Gasteiger partial charge in [0.25, 0.3) is 0 Å². The van der Waals surface area contributed by atoms with Crippen molar-refractivity contribution in [2.75, 3.05) is 5.75 Å². The number of halogens is 1. The van der Waals surface area contributed by atoms with Crippen LogP contribution in [0.15, 0.2) is 27.6 Å². The smallest absolute Gasteiger partial charge is 0.0178 e. The van der Waals surface area contributed by atoms with E-state index in [1.807, 2.05) is 11.8 Å². The minimum absolute atomic E-state index is 1.16. The van der Waals surface area contributed by atoms with Crippen molar-refractivity contribution in [3.63, 3.8) is 0 Å². The van der Waals surface area contributed by atoms with Gasteiger partial charge in [-0.25, -0.2) is 0 Å². The number of allylic oxidation sites excluding steroid dienone is 1. The highest BCUT2D eigenvalue weighted by Gasteiger charge is 2.07. The van der Waals surface area contributed by atoms with Gasteiger partial charge in [0, 0.05) is 4.47 Å². The Balaban J connectivity index is 2.28. The van der Waals surface area contributed by atoms with E-state index in [1.165, 1.54) is 34.6 Å². The lowest BCUT2D eigenvalue weighted by Crippen LogP contribution is -1.81. The highest BCUT2D eigenvalue weighted by Crippen LogP contribution is 2.32. The van der Waals surface area contributed by atoms with E-state index in [2.05, 4.69) is 47.1 Å². The van der Waals surface area contributed by atoms with Crippen LogP contribution in [0.5, 0.6) is 0 Å². The molecule has 0 bridgehead atoms. The number of thioether (sulfide) groups is 1. The standard InChI is InChI=1S/C12H13BrS/c1-9-7-11(13)5-4-10(9)8-12-3-2-6-14-12/h4-5,7-8H,2-3,6H2,1H3. The second-order valence-electron chi connectivity index (χ2n) is 3.56. The minimum Gasteiger partial charge on any atom is -0.131 e. The minimum atomic E-state index is 1.16. The monoisotopic (exact) mass is 268 g/mol. The Morgan fingerprint density at radius 2 is 2.29 bits per heavy atom. The van der Waals surface area contributed by atoms with E-state index in [4.69, 9.17) is 0 Å². The van der Waals surface area contributed by atoms with Gasteiger partial charge in [0.1, 0.15) is 0 Å². The Morgan fingerprint density at radius 1 is 1.43 bits per heavy atom. The largest absolute Gasteiger partial charge is 0.131 e. The van der Waals surface area contributed by atoms with Crippen molar-refractivity contribution in [3.05, 3.63) is 38.7 Å². The average Bonchev–Trinajstić information content (AvgIpc) is 2.62. The van der Waals surface area contributed by atoms with E-state index in [0.717, 1.165) is 4.47 Å². The molecule has 0 atom stereocenters. The summed E-state index contributed by atoms with van der Waals surface area (Å²) in [5, 5.41) is 0. The maximum Gasteiger partial charge on any atom is 0.0178 e. The van der Waals surface area contributed by atoms with E-state index in [1.54, 1.807) is 0 Å². The van der Waals surface area contributed by atoms with Crippen LogP contribution >= 0.6 is 27.7 Å². The molecule has 1 aliphatic rings. The molecule has 0 saturated carbocycles. The molecule has 0 radical (unpaired) electrons. The van der Waals surface area contributed by atoms with Gasteiger partial charge in [0.05, 0.1) is 0 Å². The van der Waals surface area contributed by atoms with Gasteiger partial charge in [0.2, 0.25) is 0 Å². The first kappa shape index (κ1) is 10.3. The van der Waals surface area contributed by atoms with E-state index >= 15 is 0 Å². The Morgan fingerprint density at radius 3 is 2.93 bits per heavy atom. The zero-order valence-electron chi connectivity index (χ0n) is 8.22. The Bertz CT molecular complexity index is 361. The maximum absolute atomic E-state index is 3.48. The van der Waals surface area contributed by atoms with Crippen LogP contribution in [-0.2, 0) is 0 Å². The predicted octanol–water partition coefficient (Wildman–Crippen LogP) is 4.63. The molecule has 0 N–H and O–H groups in total. The molecular weight excluding hydrogens is 256 g/mol. The van der Waals surface area contributed by atoms with Crippen LogP contribution in [0.1, 0.15) is 24.0 Å². The lowest BCUT2D eigenvalue weighted by atomic mass is 10.1. The van der Waals surface area contributed by atoms with Crippen molar-refractivity contribution in [3.8, 4) is 0 Å². The lowest BCUT2D eigenvalue weighted by molar-refractivity contribution is 0.999. The first-order valence-electron chi connectivity index (χ1n) is 4.85. The van der Waals surface area contributed by atoms with Gasteiger partial charge in [-0.3, -0.25) is 0 Å². The quantitative estimate of drug-likeness (QED) is 0.716. The number of rotatable bonds is 1. The predicted molar refractivity (Wildman–Crippen MR) is 68.5 cm³/mol. The van der Waals surface area contributed by atoms with E-state index in [0.29, 0.717) is 0 Å². The summed E-state index contributed by atoms with van der Waals surface area (Å²) in [6.45, 7) is 2.16. The molecule has 1 aliphatic heterocycles. The van der Waals surface area contributed by atoms with Crippen LogP contribution in [0.3, 0.4) is 0 Å². The summed E-state index contributed by atoms with van der Waals surface area (Å²) in [7, 11) is 0. The van der Waals surface area contributed by atoms with Gasteiger partial charge in [0.15, 0.2) is 0 Å². The summed E-state index contributed by atoms with van der Waals surface area (Å²) < 4.78 is 1.16. The third kappa shape index (κ3) is 2.43. The summed E-state index contributed by atoms with van der Waals surface area (Å²) in [6.07, 6.45) is 4.94. The zero-order chi connectivity index (χ0) is 9.97. The van der Waals surface area contributed by atoms with Crippen LogP contribution in [0.4, 0.5) is 0 Å². The summed E-state index contributed by atoms with van der Waals surface area (Å²) in [5.41, 5.74) is 2.71. The molecule has 0 aromatic heterocycles. The van der Waals surface area contributed by atoms with Gasteiger partial charge in [-0.15, -0.1) is 11.8 Å². The number of benzene rings is 1. The highest BCUT2D eigenvalue weighted by molar-refractivity contribution is 9.10. The van der Waals surface area contributed by atoms with Gasteiger partial charge in [-0.1, -0.05) is 22.0 Å². The maximum atomic E-state index is 3.48. The second-order valence-corrected chi connectivity index (χ2v) is 5.70. The molecular formula is C12H13BrS. The average molecular weight is 269 g/mol. The summed E-state index contributed by atoms with van der Waals surface area (Å²) in [5.74, 6) is 1.29. The van der Waals surface area contributed by atoms with Crippen molar-refractivity contribution < 1.29 is 0 Å². The van der Waals surface area contributed by atoms with Crippen molar-refractivity contribution >= 4 is 33.8 Å². The summed E-state index contributed by atoms with van der Waals surface area (Å²) >= 11 is 5.48. The first-order chi connectivity index (χ1) is 6.75. The summed E-state index contributed by atoms with van der Waals surface area (Å²) in [6, 6.07) is 6.47. The number of hydrogen-bond donors (Lipinski definition) is 0. The van der Waals surface area contributed by atoms with Crippen LogP contribution in [-0.4, -0.2) is 5.75 Å². The molecule has 1 heterocycles. The summed E-state index contributed by atoms with van der Waals surface area (Å²) in [4.78, 5) is 1.54. The van der Waals surface area contributed by atoms with Crippen molar-refractivity contribution in [1.29, 1.82) is 0 Å². The fraction of sp³-hybridized carbons (Fsp3) is 0.333. The molecule has 2 rings (SSSR count). The molecule has 1 fully saturated rings. The number of aryl methyl sites for hydroxylation is 1.